The molecule has 0 aliphatic heterocycles. The summed E-state index contributed by atoms with van der Waals surface area (Å²) in [7, 11) is 0. The molecule has 82 valence electrons. The van der Waals surface area contributed by atoms with Crippen molar-refractivity contribution >= 4 is 27.5 Å². The molecule has 3 heteroatoms. The highest BCUT2D eigenvalue weighted by Gasteiger charge is 2.07. The fourth-order valence-corrected chi connectivity index (χ4v) is 1.92. The summed E-state index contributed by atoms with van der Waals surface area (Å²) in [4.78, 5) is 0. The maximum atomic E-state index is 6.16. The lowest BCUT2D eigenvalue weighted by atomic mass is 10.00. The highest BCUT2D eigenvalue weighted by atomic mass is 79.9. The second kappa shape index (κ2) is 5.00. The molecule has 0 spiro atoms. The molecule has 0 aliphatic rings. The van der Waals surface area contributed by atoms with Gasteiger partial charge in [-0.25, -0.2) is 0 Å². The van der Waals surface area contributed by atoms with Crippen molar-refractivity contribution in [1.29, 1.82) is 0 Å². The fraction of sp³-hybridized carbons (Fsp3) is 0.0769. The first-order chi connectivity index (χ1) is 7.66. The third kappa shape index (κ3) is 2.64. The van der Waals surface area contributed by atoms with Gasteiger partial charge < -0.3 is 5.73 Å². The topological polar surface area (TPSA) is 26.0 Å². The maximum Gasteiger partial charge on any atom is 0.0551 e. The monoisotopic (exact) mass is 295 g/mol. The Hall–Kier alpha value is -0.830. The lowest BCUT2D eigenvalue weighted by Gasteiger charge is -2.12. The van der Waals surface area contributed by atoms with Crippen molar-refractivity contribution in [2.24, 2.45) is 5.73 Å². The van der Waals surface area contributed by atoms with Crippen LogP contribution in [0.3, 0.4) is 0 Å². The zero-order valence-corrected chi connectivity index (χ0v) is 10.9. The summed E-state index contributed by atoms with van der Waals surface area (Å²) in [5.41, 5.74) is 8.31. The minimum atomic E-state index is -0.106. The van der Waals surface area contributed by atoms with Crippen molar-refractivity contribution in [3.05, 3.63) is 69.2 Å². The summed E-state index contributed by atoms with van der Waals surface area (Å²) < 4.78 is 1.06. The lowest BCUT2D eigenvalue weighted by Crippen LogP contribution is -2.11. The number of nitrogens with two attached hydrogens (primary N) is 1. The average Bonchev–Trinajstić information content (AvgIpc) is 2.30. The lowest BCUT2D eigenvalue weighted by molar-refractivity contribution is 0.871. The van der Waals surface area contributed by atoms with Gasteiger partial charge in [-0.3, -0.25) is 0 Å². The van der Waals surface area contributed by atoms with E-state index >= 15 is 0 Å². The van der Waals surface area contributed by atoms with Crippen LogP contribution < -0.4 is 5.73 Å². The molecule has 0 fully saturated rings. The largest absolute Gasteiger partial charge is 0.320 e. The third-order valence-electron chi connectivity index (χ3n) is 2.46. The zero-order valence-electron chi connectivity index (χ0n) is 8.53. The predicted molar refractivity (Wildman–Crippen MR) is 71.6 cm³/mol. The van der Waals surface area contributed by atoms with Crippen LogP contribution in [0.2, 0.25) is 5.02 Å². The van der Waals surface area contributed by atoms with E-state index in [1.54, 1.807) is 0 Å². The number of benzene rings is 2. The van der Waals surface area contributed by atoms with E-state index in [4.69, 9.17) is 17.3 Å². The Morgan fingerprint density at radius 2 is 1.31 bits per heavy atom. The molecular formula is C13H11BrClN. The normalized spacial score (nSPS) is 12.4. The van der Waals surface area contributed by atoms with Crippen LogP contribution in [-0.2, 0) is 0 Å². The summed E-state index contributed by atoms with van der Waals surface area (Å²) >= 11 is 9.24. The van der Waals surface area contributed by atoms with E-state index in [9.17, 15) is 0 Å². The van der Waals surface area contributed by atoms with Crippen LogP contribution in [0.25, 0.3) is 0 Å². The molecule has 0 aliphatic carbocycles. The van der Waals surface area contributed by atoms with Crippen LogP contribution in [0.4, 0.5) is 0 Å². The van der Waals surface area contributed by atoms with Crippen molar-refractivity contribution < 1.29 is 0 Å². The van der Waals surface area contributed by atoms with E-state index in [2.05, 4.69) is 15.9 Å². The van der Waals surface area contributed by atoms with Gasteiger partial charge in [-0.2, -0.15) is 0 Å². The zero-order chi connectivity index (χ0) is 11.5. The van der Waals surface area contributed by atoms with Gasteiger partial charge in [0.1, 0.15) is 0 Å². The molecule has 1 nitrogen and oxygen atoms in total. The Bertz CT molecular complexity index is 419. The Kier molecular flexibility index (Phi) is 3.64. The van der Waals surface area contributed by atoms with Gasteiger partial charge in [0, 0.05) is 9.50 Å². The average molecular weight is 297 g/mol. The Morgan fingerprint density at radius 3 is 1.81 bits per heavy atom. The van der Waals surface area contributed by atoms with E-state index in [1.807, 2.05) is 48.5 Å². The number of rotatable bonds is 2. The number of hydrogen-bond donors (Lipinski definition) is 1. The minimum absolute atomic E-state index is 0.106. The van der Waals surface area contributed by atoms with Crippen LogP contribution in [0.5, 0.6) is 0 Å². The van der Waals surface area contributed by atoms with Gasteiger partial charge in [-0.05, 0) is 35.4 Å². The smallest absolute Gasteiger partial charge is 0.0551 e. The second-order valence-corrected chi connectivity index (χ2v) is 4.93. The maximum absolute atomic E-state index is 6.16. The van der Waals surface area contributed by atoms with Crippen LogP contribution >= 0.6 is 27.5 Å². The second-order valence-electron chi connectivity index (χ2n) is 3.58. The van der Waals surface area contributed by atoms with Crippen LogP contribution in [-0.4, -0.2) is 0 Å². The molecule has 2 rings (SSSR count). The SMILES string of the molecule is NC(c1ccc(Cl)cc1)c1ccc(Br)cc1. The summed E-state index contributed by atoms with van der Waals surface area (Å²) in [6, 6.07) is 15.5. The molecule has 0 amide bonds. The van der Waals surface area contributed by atoms with E-state index in [-0.39, 0.29) is 6.04 Å². The van der Waals surface area contributed by atoms with Gasteiger partial charge in [0.25, 0.3) is 0 Å². The molecule has 0 saturated carbocycles. The van der Waals surface area contributed by atoms with Gasteiger partial charge in [0.05, 0.1) is 6.04 Å². The molecular weight excluding hydrogens is 286 g/mol. The summed E-state index contributed by atoms with van der Waals surface area (Å²) in [6.45, 7) is 0. The minimum Gasteiger partial charge on any atom is -0.320 e. The van der Waals surface area contributed by atoms with Crippen molar-refractivity contribution in [2.45, 2.75) is 6.04 Å². The van der Waals surface area contributed by atoms with Gasteiger partial charge in [0.2, 0.25) is 0 Å². The van der Waals surface area contributed by atoms with Crippen molar-refractivity contribution in [3.8, 4) is 0 Å². The van der Waals surface area contributed by atoms with Crippen LogP contribution in [0, 0.1) is 0 Å². The molecule has 1 unspecified atom stereocenters. The third-order valence-corrected chi connectivity index (χ3v) is 3.24. The van der Waals surface area contributed by atoms with E-state index < -0.39 is 0 Å². The molecule has 0 bridgehead atoms. The van der Waals surface area contributed by atoms with Gasteiger partial charge in [-0.15, -0.1) is 0 Å². The van der Waals surface area contributed by atoms with E-state index in [0.29, 0.717) is 0 Å². The molecule has 0 aromatic heterocycles. The quantitative estimate of drug-likeness (QED) is 0.885. The van der Waals surface area contributed by atoms with Crippen LogP contribution in [0.15, 0.2) is 53.0 Å². The van der Waals surface area contributed by atoms with Crippen molar-refractivity contribution in [1.82, 2.24) is 0 Å². The molecule has 0 saturated heterocycles. The first-order valence-corrected chi connectivity index (χ1v) is 6.10. The molecule has 16 heavy (non-hydrogen) atoms. The van der Waals surface area contributed by atoms with E-state index in [0.717, 1.165) is 20.6 Å². The predicted octanol–water partition coefficient (Wildman–Crippen LogP) is 4.15. The standard InChI is InChI=1S/C13H11BrClN/c14-11-5-1-9(2-6-11)13(16)10-3-7-12(15)8-4-10/h1-8,13H,16H2. The molecule has 1 atom stereocenters. The summed E-state index contributed by atoms with van der Waals surface area (Å²) in [5, 5.41) is 0.728. The highest BCUT2D eigenvalue weighted by molar-refractivity contribution is 9.10. The van der Waals surface area contributed by atoms with Gasteiger partial charge >= 0.3 is 0 Å². The highest BCUT2D eigenvalue weighted by Crippen LogP contribution is 2.22. The van der Waals surface area contributed by atoms with Crippen molar-refractivity contribution in [3.63, 3.8) is 0 Å². The van der Waals surface area contributed by atoms with E-state index in [1.165, 1.54) is 0 Å². The Labute approximate surface area is 108 Å². The molecule has 2 aromatic carbocycles. The number of halogens is 2. The molecule has 2 aromatic rings. The Morgan fingerprint density at radius 1 is 0.875 bits per heavy atom. The molecule has 0 radical (unpaired) electrons. The van der Waals surface area contributed by atoms with Crippen LogP contribution in [0.1, 0.15) is 17.2 Å². The van der Waals surface area contributed by atoms with Gasteiger partial charge in [-0.1, -0.05) is 51.8 Å². The first-order valence-electron chi connectivity index (χ1n) is 4.93. The summed E-state index contributed by atoms with van der Waals surface area (Å²) in [5.74, 6) is 0. The summed E-state index contributed by atoms with van der Waals surface area (Å²) in [6.07, 6.45) is 0. The molecule has 0 heterocycles. The first kappa shape index (κ1) is 11.6. The Balaban J connectivity index is 2.28. The van der Waals surface area contributed by atoms with Gasteiger partial charge in [0.15, 0.2) is 0 Å². The molecule has 2 N–H and O–H groups in total. The fourth-order valence-electron chi connectivity index (χ4n) is 1.53. The number of hydrogen-bond acceptors (Lipinski definition) is 1. The van der Waals surface area contributed by atoms with Crippen molar-refractivity contribution in [2.75, 3.05) is 0 Å².